The molecular weight excluding hydrogens is 212 g/mol. The Hall–Kier alpha value is -0.120. The summed E-state index contributed by atoms with van der Waals surface area (Å²) in [6.07, 6.45) is 4.04. The monoisotopic (exact) mass is 240 g/mol. The third-order valence-electron chi connectivity index (χ3n) is 3.78. The molecule has 3 heteroatoms. The molecule has 100 valence electrons. The van der Waals surface area contributed by atoms with Crippen molar-refractivity contribution in [1.82, 2.24) is 10.2 Å². The Labute approximate surface area is 106 Å². The van der Waals surface area contributed by atoms with E-state index in [2.05, 4.69) is 31.0 Å². The first-order valence-electron chi connectivity index (χ1n) is 7.23. The fourth-order valence-electron chi connectivity index (χ4n) is 2.83. The van der Waals surface area contributed by atoms with Gasteiger partial charge in [-0.05, 0) is 32.1 Å². The summed E-state index contributed by atoms with van der Waals surface area (Å²) in [5.41, 5.74) is 0. The molecule has 0 aromatic heterocycles. The van der Waals surface area contributed by atoms with Crippen molar-refractivity contribution < 1.29 is 4.74 Å². The first-order valence-corrected chi connectivity index (χ1v) is 7.23. The van der Waals surface area contributed by atoms with Gasteiger partial charge >= 0.3 is 0 Å². The van der Waals surface area contributed by atoms with Crippen LogP contribution in [0.4, 0.5) is 0 Å². The van der Waals surface area contributed by atoms with Gasteiger partial charge in [-0.2, -0.15) is 0 Å². The predicted molar refractivity (Wildman–Crippen MR) is 71.3 cm³/mol. The van der Waals surface area contributed by atoms with Crippen molar-refractivity contribution in [2.24, 2.45) is 5.92 Å². The van der Waals surface area contributed by atoms with Crippen LogP contribution in [0, 0.1) is 5.92 Å². The van der Waals surface area contributed by atoms with Gasteiger partial charge < -0.3 is 10.1 Å². The topological polar surface area (TPSA) is 24.5 Å². The Balaban J connectivity index is 1.80. The van der Waals surface area contributed by atoms with E-state index in [0.717, 1.165) is 31.7 Å². The standard InChI is InChI=1S/C14H28N2O/c1-11(2)9-16(14-4-5-14)12(3)8-13-10-17-7-6-15-13/h11-15H,4-10H2,1-3H3. The average Bonchev–Trinajstić information content (AvgIpc) is 3.10. The molecule has 2 rings (SSSR count). The van der Waals surface area contributed by atoms with E-state index in [9.17, 15) is 0 Å². The van der Waals surface area contributed by atoms with E-state index in [-0.39, 0.29) is 0 Å². The minimum Gasteiger partial charge on any atom is -0.379 e. The van der Waals surface area contributed by atoms with Gasteiger partial charge in [-0.3, -0.25) is 4.90 Å². The van der Waals surface area contributed by atoms with E-state index >= 15 is 0 Å². The van der Waals surface area contributed by atoms with Gasteiger partial charge in [0, 0.05) is 31.2 Å². The molecule has 1 saturated heterocycles. The van der Waals surface area contributed by atoms with Crippen molar-refractivity contribution >= 4 is 0 Å². The van der Waals surface area contributed by atoms with Crippen LogP contribution in [-0.2, 0) is 4.74 Å². The Morgan fingerprint density at radius 3 is 2.59 bits per heavy atom. The third-order valence-corrected chi connectivity index (χ3v) is 3.78. The van der Waals surface area contributed by atoms with E-state index in [1.165, 1.54) is 25.8 Å². The zero-order valence-corrected chi connectivity index (χ0v) is 11.6. The quantitative estimate of drug-likeness (QED) is 0.767. The zero-order chi connectivity index (χ0) is 12.3. The maximum Gasteiger partial charge on any atom is 0.0620 e. The number of nitrogens with one attached hydrogen (secondary N) is 1. The largest absolute Gasteiger partial charge is 0.379 e. The van der Waals surface area contributed by atoms with Crippen molar-refractivity contribution in [2.75, 3.05) is 26.3 Å². The second kappa shape index (κ2) is 6.17. The molecule has 0 bridgehead atoms. The highest BCUT2D eigenvalue weighted by atomic mass is 16.5. The molecule has 0 aromatic rings. The number of hydrogen-bond donors (Lipinski definition) is 1. The highest BCUT2D eigenvalue weighted by Crippen LogP contribution is 2.30. The summed E-state index contributed by atoms with van der Waals surface area (Å²) in [5, 5.41) is 3.57. The zero-order valence-electron chi connectivity index (χ0n) is 11.6. The smallest absolute Gasteiger partial charge is 0.0620 e. The molecule has 2 aliphatic rings. The summed E-state index contributed by atoms with van der Waals surface area (Å²) in [5.74, 6) is 0.772. The molecule has 1 saturated carbocycles. The summed E-state index contributed by atoms with van der Waals surface area (Å²) < 4.78 is 5.54. The van der Waals surface area contributed by atoms with Gasteiger partial charge in [-0.15, -0.1) is 0 Å². The van der Waals surface area contributed by atoms with Gasteiger partial charge in [0.1, 0.15) is 0 Å². The van der Waals surface area contributed by atoms with Gasteiger partial charge in [0.05, 0.1) is 13.2 Å². The van der Waals surface area contributed by atoms with E-state index in [0.29, 0.717) is 12.1 Å². The lowest BCUT2D eigenvalue weighted by molar-refractivity contribution is 0.0591. The molecule has 1 heterocycles. The van der Waals surface area contributed by atoms with Gasteiger partial charge in [-0.25, -0.2) is 0 Å². The summed E-state index contributed by atoms with van der Waals surface area (Å²) in [7, 11) is 0. The van der Waals surface area contributed by atoms with Crippen LogP contribution in [0.2, 0.25) is 0 Å². The van der Waals surface area contributed by atoms with Crippen molar-refractivity contribution in [2.45, 2.75) is 58.2 Å². The molecule has 0 radical (unpaired) electrons. The molecule has 1 N–H and O–H groups in total. The van der Waals surface area contributed by atoms with E-state index in [1.807, 2.05) is 0 Å². The van der Waals surface area contributed by atoms with Crippen LogP contribution < -0.4 is 5.32 Å². The Morgan fingerprint density at radius 2 is 2.06 bits per heavy atom. The van der Waals surface area contributed by atoms with Crippen LogP contribution in [0.25, 0.3) is 0 Å². The molecule has 0 amide bonds. The second-order valence-corrected chi connectivity index (χ2v) is 6.13. The fourth-order valence-corrected chi connectivity index (χ4v) is 2.83. The Morgan fingerprint density at radius 1 is 1.29 bits per heavy atom. The maximum atomic E-state index is 5.54. The van der Waals surface area contributed by atoms with E-state index in [1.54, 1.807) is 0 Å². The predicted octanol–water partition coefficient (Wildman–Crippen LogP) is 1.87. The highest BCUT2D eigenvalue weighted by molar-refractivity contribution is 4.89. The van der Waals surface area contributed by atoms with Crippen LogP contribution in [-0.4, -0.2) is 49.3 Å². The fraction of sp³-hybridized carbons (Fsp3) is 1.00. The van der Waals surface area contributed by atoms with Gasteiger partial charge in [-0.1, -0.05) is 13.8 Å². The van der Waals surface area contributed by atoms with Crippen molar-refractivity contribution in [3.63, 3.8) is 0 Å². The number of rotatable bonds is 6. The minimum atomic E-state index is 0.562. The van der Waals surface area contributed by atoms with E-state index < -0.39 is 0 Å². The van der Waals surface area contributed by atoms with Crippen molar-refractivity contribution in [3.8, 4) is 0 Å². The van der Waals surface area contributed by atoms with Crippen molar-refractivity contribution in [1.29, 1.82) is 0 Å². The number of morpholine rings is 1. The van der Waals surface area contributed by atoms with Crippen LogP contribution in [0.3, 0.4) is 0 Å². The molecule has 0 spiro atoms. The molecular formula is C14H28N2O. The molecule has 2 fully saturated rings. The molecule has 0 aromatic carbocycles. The summed E-state index contributed by atoms with van der Waals surface area (Å²) >= 11 is 0. The van der Waals surface area contributed by atoms with Crippen LogP contribution in [0.1, 0.15) is 40.0 Å². The number of hydrogen-bond acceptors (Lipinski definition) is 3. The normalized spacial score (nSPS) is 27.7. The average molecular weight is 240 g/mol. The summed E-state index contributed by atoms with van der Waals surface area (Å²) in [4.78, 5) is 2.72. The SMILES string of the molecule is CC(C)CN(C(C)CC1COCCN1)C1CC1. The maximum absolute atomic E-state index is 5.54. The first-order chi connectivity index (χ1) is 8.16. The molecule has 2 unspecified atom stereocenters. The molecule has 17 heavy (non-hydrogen) atoms. The Bertz CT molecular complexity index is 222. The van der Waals surface area contributed by atoms with Gasteiger partial charge in [0.15, 0.2) is 0 Å². The lowest BCUT2D eigenvalue weighted by Gasteiger charge is -2.34. The second-order valence-electron chi connectivity index (χ2n) is 6.13. The lowest BCUT2D eigenvalue weighted by atomic mass is 10.0. The third kappa shape index (κ3) is 4.23. The molecule has 1 aliphatic carbocycles. The van der Waals surface area contributed by atoms with Gasteiger partial charge in [0.2, 0.25) is 0 Å². The lowest BCUT2D eigenvalue weighted by Crippen LogP contribution is -2.47. The molecule has 3 nitrogen and oxygen atoms in total. The highest BCUT2D eigenvalue weighted by Gasteiger charge is 2.33. The first kappa shape index (κ1) is 13.3. The summed E-state index contributed by atoms with van der Waals surface area (Å²) in [6, 6.07) is 2.12. The number of ether oxygens (including phenoxy) is 1. The molecule has 1 aliphatic heterocycles. The van der Waals surface area contributed by atoms with Crippen LogP contribution >= 0.6 is 0 Å². The number of nitrogens with zero attached hydrogens (tertiary/aromatic N) is 1. The van der Waals surface area contributed by atoms with Crippen LogP contribution in [0.15, 0.2) is 0 Å². The summed E-state index contributed by atoms with van der Waals surface area (Å²) in [6.45, 7) is 11.1. The van der Waals surface area contributed by atoms with Crippen molar-refractivity contribution in [3.05, 3.63) is 0 Å². The minimum absolute atomic E-state index is 0.562. The van der Waals surface area contributed by atoms with Crippen LogP contribution in [0.5, 0.6) is 0 Å². The van der Waals surface area contributed by atoms with Gasteiger partial charge in [0.25, 0.3) is 0 Å². The molecule has 2 atom stereocenters. The Kier molecular flexibility index (Phi) is 4.83. The van der Waals surface area contributed by atoms with E-state index in [4.69, 9.17) is 4.74 Å².